The number of rotatable bonds is 3. The highest BCUT2D eigenvalue weighted by molar-refractivity contribution is 6.25. The summed E-state index contributed by atoms with van der Waals surface area (Å²) in [5.41, 5.74) is 3.36. The first-order valence-electron chi connectivity index (χ1n) is 12.5. The number of fused-ring (bicyclic) bond motifs is 3. The van der Waals surface area contributed by atoms with Gasteiger partial charge in [-0.1, -0.05) is 42.5 Å². The number of phenols is 1. The number of phenolic OH excluding ortho intramolecular Hbond substituents is 1. The van der Waals surface area contributed by atoms with Gasteiger partial charge in [-0.15, -0.1) is 0 Å². The van der Waals surface area contributed by atoms with E-state index in [4.69, 9.17) is 0 Å². The summed E-state index contributed by atoms with van der Waals surface area (Å²) in [6.07, 6.45) is 5.29. The van der Waals surface area contributed by atoms with Crippen LogP contribution in [-0.4, -0.2) is 28.5 Å². The molecule has 190 valence electrons. The number of halogens is 1. The average Bonchev–Trinajstić information content (AvgIpc) is 3.17. The number of benzene rings is 2. The monoisotopic (exact) mass is 509 g/mol. The number of imide groups is 1. The van der Waals surface area contributed by atoms with Crippen molar-refractivity contribution < 1.29 is 28.7 Å². The Morgan fingerprint density at radius 2 is 1.76 bits per heavy atom. The highest BCUT2D eigenvalue weighted by atomic mass is 19.1. The third-order valence-corrected chi connectivity index (χ3v) is 8.25. The number of hydrogen-bond donors (Lipinski definition) is 1. The summed E-state index contributed by atoms with van der Waals surface area (Å²) >= 11 is 0. The molecule has 0 spiro atoms. The quantitative estimate of drug-likeness (QED) is 0.364. The average molecular weight is 510 g/mol. The maximum absolute atomic E-state index is 14.5. The van der Waals surface area contributed by atoms with E-state index >= 15 is 0 Å². The third-order valence-electron chi connectivity index (χ3n) is 8.25. The first-order chi connectivity index (χ1) is 18.2. The van der Waals surface area contributed by atoms with Crippen molar-refractivity contribution in [1.82, 2.24) is 0 Å². The second-order valence-corrected chi connectivity index (χ2v) is 10.2. The van der Waals surface area contributed by atoms with Crippen molar-refractivity contribution in [3.63, 3.8) is 0 Å². The van der Waals surface area contributed by atoms with Gasteiger partial charge >= 0.3 is 0 Å². The van der Waals surface area contributed by atoms with Crippen LogP contribution in [0.5, 0.6) is 5.75 Å². The molecule has 6 rings (SSSR count). The molecule has 3 aliphatic carbocycles. The molecule has 1 N–H and O–H groups in total. The van der Waals surface area contributed by atoms with Gasteiger partial charge in [0, 0.05) is 22.6 Å². The van der Waals surface area contributed by atoms with Gasteiger partial charge in [0.1, 0.15) is 0 Å². The molecular weight excluding hydrogens is 485 g/mol. The third kappa shape index (κ3) is 3.38. The molecule has 4 aliphatic rings. The minimum Gasteiger partial charge on any atom is -0.505 e. The van der Waals surface area contributed by atoms with Gasteiger partial charge in [-0.2, -0.15) is 0 Å². The van der Waals surface area contributed by atoms with Gasteiger partial charge in [0.25, 0.3) is 0 Å². The standard InChI is InChI=1S/C31H24FNO5/c1-3-16-4-7-18(8-5-16)33-30(37)20-10-9-19-21(27(20)31(33)38)14-22-28(25(35)12-15(2)29(22)36)26(19)17-6-11-24(34)23(32)13-17/h3-9,11-13,20-21,26-27,34H,1,10,14H2,2H3/t20-,21+,26-,27-/m0/s1. The molecule has 0 saturated carbocycles. The second-order valence-electron chi connectivity index (χ2n) is 10.2. The van der Waals surface area contributed by atoms with Gasteiger partial charge in [0.05, 0.1) is 17.5 Å². The fourth-order valence-corrected chi connectivity index (χ4v) is 6.48. The maximum Gasteiger partial charge on any atom is 0.238 e. The van der Waals surface area contributed by atoms with E-state index in [1.807, 2.05) is 6.08 Å². The lowest BCUT2D eigenvalue weighted by Crippen LogP contribution is -2.39. The molecule has 6 nitrogen and oxygen atoms in total. The summed E-state index contributed by atoms with van der Waals surface area (Å²) in [5.74, 6) is -5.19. The lowest BCUT2D eigenvalue weighted by molar-refractivity contribution is -0.123. The Bertz CT molecular complexity index is 1560. The maximum atomic E-state index is 14.5. The van der Waals surface area contributed by atoms with Crippen molar-refractivity contribution in [1.29, 1.82) is 0 Å². The first-order valence-corrected chi connectivity index (χ1v) is 12.5. The Labute approximate surface area is 218 Å². The van der Waals surface area contributed by atoms with E-state index in [0.29, 0.717) is 28.8 Å². The number of Topliss-reactive ketones (excluding diaryl/α,β-unsaturated/α-hetero) is 1. The first kappa shape index (κ1) is 24.0. The SMILES string of the molecule is C=Cc1ccc(N2C(=O)[C@H]3[C@H](CC=C4[C@H](c5ccc(O)c(F)c5)C5=C(C[C@H]43)C(=O)C(C)=CC5=O)C2=O)cc1. The fraction of sp³-hybridized carbons (Fsp3) is 0.226. The number of nitrogens with zero attached hydrogens (tertiary/aromatic N) is 1. The Balaban J connectivity index is 1.47. The molecule has 0 aromatic heterocycles. The van der Waals surface area contributed by atoms with E-state index in [1.54, 1.807) is 37.3 Å². The molecule has 7 heteroatoms. The highest BCUT2D eigenvalue weighted by Gasteiger charge is 2.56. The minimum absolute atomic E-state index is 0.150. The molecule has 0 bridgehead atoms. The number of carbonyl (C=O) groups excluding carboxylic acids is 4. The minimum atomic E-state index is -0.844. The van der Waals surface area contributed by atoms with Crippen LogP contribution < -0.4 is 4.90 Å². The number of hydrogen-bond acceptors (Lipinski definition) is 5. The van der Waals surface area contributed by atoms with Crippen LogP contribution >= 0.6 is 0 Å². The summed E-state index contributed by atoms with van der Waals surface area (Å²) < 4.78 is 14.5. The molecule has 1 saturated heterocycles. The fourth-order valence-electron chi connectivity index (χ4n) is 6.48. The smallest absolute Gasteiger partial charge is 0.238 e. The van der Waals surface area contributed by atoms with Crippen molar-refractivity contribution in [2.24, 2.45) is 17.8 Å². The molecule has 2 amide bonds. The van der Waals surface area contributed by atoms with Gasteiger partial charge in [-0.25, -0.2) is 4.39 Å². The van der Waals surface area contributed by atoms with Crippen molar-refractivity contribution in [3.8, 4) is 5.75 Å². The van der Waals surface area contributed by atoms with Crippen LogP contribution in [0.4, 0.5) is 10.1 Å². The van der Waals surface area contributed by atoms with E-state index in [1.165, 1.54) is 23.1 Å². The summed E-state index contributed by atoms with van der Waals surface area (Å²) in [4.78, 5) is 55.1. The summed E-state index contributed by atoms with van der Waals surface area (Å²) in [6.45, 7) is 5.31. The molecule has 1 heterocycles. The molecule has 38 heavy (non-hydrogen) atoms. The molecular formula is C31H24FNO5. The van der Waals surface area contributed by atoms with Crippen LogP contribution in [0.1, 0.15) is 36.8 Å². The van der Waals surface area contributed by atoms with Crippen LogP contribution in [0.3, 0.4) is 0 Å². The summed E-state index contributed by atoms with van der Waals surface area (Å²) in [5, 5.41) is 9.77. The zero-order valence-electron chi connectivity index (χ0n) is 20.6. The van der Waals surface area contributed by atoms with Crippen molar-refractivity contribution in [3.05, 3.63) is 100 Å². The second kappa shape index (κ2) is 8.58. The van der Waals surface area contributed by atoms with Crippen molar-refractivity contribution in [2.75, 3.05) is 4.90 Å². The van der Waals surface area contributed by atoms with E-state index in [-0.39, 0.29) is 35.4 Å². The number of ketones is 2. The molecule has 0 radical (unpaired) electrons. The van der Waals surface area contributed by atoms with E-state index < -0.39 is 35.2 Å². The zero-order valence-corrected chi connectivity index (χ0v) is 20.6. The topological polar surface area (TPSA) is 91.8 Å². The van der Waals surface area contributed by atoms with Crippen LogP contribution in [0.2, 0.25) is 0 Å². The van der Waals surface area contributed by atoms with Gasteiger partial charge < -0.3 is 5.11 Å². The number of aromatic hydroxyl groups is 1. The number of allylic oxidation sites excluding steroid dienone is 6. The lowest BCUT2D eigenvalue weighted by atomic mass is 9.59. The molecule has 0 unspecified atom stereocenters. The van der Waals surface area contributed by atoms with Crippen LogP contribution in [0, 0.1) is 23.6 Å². The lowest BCUT2D eigenvalue weighted by Gasteiger charge is -2.42. The molecule has 2 aromatic rings. The molecule has 1 aliphatic heterocycles. The Morgan fingerprint density at radius 1 is 1.03 bits per heavy atom. The normalized spacial score (nSPS) is 26.5. The molecule has 2 aromatic carbocycles. The predicted octanol–water partition coefficient (Wildman–Crippen LogP) is 4.81. The van der Waals surface area contributed by atoms with Gasteiger partial charge in [-0.05, 0) is 67.2 Å². The van der Waals surface area contributed by atoms with E-state index in [9.17, 15) is 28.7 Å². The predicted molar refractivity (Wildman–Crippen MR) is 138 cm³/mol. The largest absolute Gasteiger partial charge is 0.505 e. The summed E-state index contributed by atoms with van der Waals surface area (Å²) in [6, 6.07) is 10.9. The van der Waals surface area contributed by atoms with Gasteiger partial charge in [0.15, 0.2) is 23.1 Å². The highest BCUT2D eigenvalue weighted by Crippen LogP contribution is 2.55. The Kier molecular flexibility index (Phi) is 5.42. The van der Waals surface area contributed by atoms with Crippen LogP contribution in [0.25, 0.3) is 6.08 Å². The van der Waals surface area contributed by atoms with Gasteiger partial charge in [0.2, 0.25) is 11.8 Å². The Morgan fingerprint density at radius 3 is 2.45 bits per heavy atom. The number of carbonyl (C=O) groups is 4. The number of amides is 2. The molecule has 4 atom stereocenters. The van der Waals surface area contributed by atoms with Crippen LogP contribution in [-0.2, 0) is 19.2 Å². The molecule has 1 fully saturated rings. The van der Waals surface area contributed by atoms with E-state index in [0.717, 1.165) is 17.2 Å². The van der Waals surface area contributed by atoms with Crippen molar-refractivity contribution in [2.45, 2.75) is 25.7 Å². The van der Waals surface area contributed by atoms with E-state index in [2.05, 4.69) is 6.58 Å². The zero-order chi connectivity index (χ0) is 26.9. The summed E-state index contributed by atoms with van der Waals surface area (Å²) in [7, 11) is 0. The van der Waals surface area contributed by atoms with Crippen LogP contribution in [0.15, 0.2) is 83.5 Å². The van der Waals surface area contributed by atoms with Gasteiger partial charge in [-0.3, -0.25) is 24.1 Å². The Hall–Kier alpha value is -4.39. The number of anilines is 1. The van der Waals surface area contributed by atoms with Crippen molar-refractivity contribution >= 4 is 35.1 Å².